The molecule has 0 saturated carbocycles. The highest BCUT2D eigenvalue weighted by Crippen LogP contribution is 2.28. The third-order valence-corrected chi connectivity index (χ3v) is 4.16. The molecule has 1 aromatic heterocycles. The number of fused-ring (bicyclic) bond motifs is 1. The van der Waals surface area contributed by atoms with Gasteiger partial charge in [-0.3, -0.25) is 4.90 Å². The number of nitrogens with zero attached hydrogens (tertiary/aromatic N) is 3. The fourth-order valence-corrected chi connectivity index (χ4v) is 2.91. The van der Waals surface area contributed by atoms with Gasteiger partial charge in [0.2, 0.25) is 11.7 Å². The number of hydrogen-bond donors (Lipinski definition) is 1. The molecule has 0 bridgehead atoms. The maximum atomic E-state index is 5.87. The van der Waals surface area contributed by atoms with Crippen LogP contribution in [0.25, 0.3) is 0 Å². The Labute approximate surface area is 118 Å². The Morgan fingerprint density at radius 2 is 2.45 bits per heavy atom. The van der Waals surface area contributed by atoms with Gasteiger partial charge in [-0.1, -0.05) is 5.16 Å². The van der Waals surface area contributed by atoms with Crippen LogP contribution in [0.5, 0.6) is 0 Å². The molecule has 1 aromatic rings. The van der Waals surface area contributed by atoms with Crippen LogP contribution < -0.4 is 5.73 Å². The first-order valence-electron chi connectivity index (χ1n) is 7.21. The number of rotatable bonds is 5. The molecular formula is C13H22N4O3. The summed E-state index contributed by atoms with van der Waals surface area (Å²) in [4.78, 5) is 6.88. The lowest BCUT2D eigenvalue weighted by atomic mass is 10.2. The molecule has 0 amide bonds. The first-order valence-corrected chi connectivity index (χ1v) is 7.21. The van der Waals surface area contributed by atoms with E-state index in [1.807, 2.05) is 0 Å². The van der Waals surface area contributed by atoms with Crippen LogP contribution in [0.2, 0.25) is 0 Å². The van der Waals surface area contributed by atoms with Crippen LogP contribution in [0.3, 0.4) is 0 Å². The molecule has 2 fully saturated rings. The van der Waals surface area contributed by atoms with Gasteiger partial charge in [0, 0.05) is 26.2 Å². The number of methoxy groups -OCH3 is 1. The van der Waals surface area contributed by atoms with Gasteiger partial charge in [0.05, 0.1) is 19.1 Å². The van der Waals surface area contributed by atoms with E-state index in [1.165, 1.54) is 12.8 Å². The van der Waals surface area contributed by atoms with E-state index in [0.29, 0.717) is 30.7 Å². The molecule has 2 saturated heterocycles. The van der Waals surface area contributed by atoms with Gasteiger partial charge in [-0.05, 0) is 19.4 Å². The lowest BCUT2D eigenvalue weighted by Gasteiger charge is -2.33. The second-order valence-electron chi connectivity index (χ2n) is 5.46. The molecule has 112 valence electrons. The van der Waals surface area contributed by atoms with Gasteiger partial charge in [-0.25, -0.2) is 0 Å². The van der Waals surface area contributed by atoms with E-state index < -0.39 is 0 Å². The standard InChI is InChI=1S/C13H22N4O3/c1-18-10(6-14)5-12-15-13(16-20-12)11-7-17-4-2-3-9(17)8-19-11/h9-11H,2-8,14H2,1H3. The van der Waals surface area contributed by atoms with Crippen molar-refractivity contribution in [2.45, 2.75) is 37.5 Å². The van der Waals surface area contributed by atoms with Crippen LogP contribution in [0.1, 0.15) is 30.7 Å². The van der Waals surface area contributed by atoms with Crippen molar-refractivity contribution in [1.29, 1.82) is 0 Å². The van der Waals surface area contributed by atoms with Gasteiger partial charge in [0.1, 0.15) is 6.10 Å². The number of nitrogens with two attached hydrogens (primary N) is 1. The molecule has 3 unspecified atom stereocenters. The van der Waals surface area contributed by atoms with Gasteiger partial charge in [0.15, 0.2) is 0 Å². The molecule has 3 atom stereocenters. The fourth-order valence-electron chi connectivity index (χ4n) is 2.91. The largest absolute Gasteiger partial charge is 0.380 e. The summed E-state index contributed by atoms with van der Waals surface area (Å²) in [7, 11) is 1.63. The summed E-state index contributed by atoms with van der Waals surface area (Å²) in [5.74, 6) is 1.20. The van der Waals surface area contributed by atoms with E-state index in [-0.39, 0.29) is 12.2 Å². The van der Waals surface area contributed by atoms with E-state index in [2.05, 4.69) is 15.0 Å². The predicted octanol–water partition coefficient (Wildman–Crippen LogP) is 0.122. The highest BCUT2D eigenvalue weighted by atomic mass is 16.5. The maximum absolute atomic E-state index is 5.87. The molecule has 0 radical (unpaired) electrons. The van der Waals surface area contributed by atoms with Crippen LogP contribution in [-0.4, -0.2) is 60.5 Å². The van der Waals surface area contributed by atoms with Crippen LogP contribution in [-0.2, 0) is 15.9 Å². The summed E-state index contributed by atoms with van der Waals surface area (Å²) < 4.78 is 16.4. The zero-order valence-electron chi connectivity index (χ0n) is 11.8. The van der Waals surface area contributed by atoms with Crippen LogP contribution in [0, 0.1) is 0 Å². The Kier molecular flexibility index (Phi) is 4.30. The monoisotopic (exact) mass is 282 g/mol. The molecule has 7 heteroatoms. The lowest BCUT2D eigenvalue weighted by Crippen LogP contribution is -2.42. The first kappa shape index (κ1) is 13.9. The topological polar surface area (TPSA) is 86.6 Å². The van der Waals surface area contributed by atoms with Crippen LogP contribution >= 0.6 is 0 Å². The third-order valence-electron chi connectivity index (χ3n) is 4.16. The molecular weight excluding hydrogens is 260 g/mol. The molecule has 2 N–H and O–H groups in total. The van der Waals surface area contributed by atoms with Gasteiger partial charge < -0.3 is 19.7 Å². The van der Waals surface area contributed by atoms with Gasteiger partial charge in [0.25, 0.3) is 0 Å². The van der Waals surface area contributed by atoms with Crippen molar-refractivity contribution in [2.75, 3.05) is 33.4 Å². The third kappa shape index (κ3) is 2.85. The number of hydrogen-bond acceptors (Lipinski definition) is 7. The van der Waals surface area contributed by atoms with Crippen molar-refractivity contribution in [2.24, 2.45) is 5.73 Å². The molecule has 2 aliphatic heterocycles. The molecule has 3 heterocycles. The normalized spacial score (nSPS) is 28.5. The second-order valence-corrected chi connectivity index (χ2v) is 5.46. The van der Waals surface area contributed by atoms with Crippen LogP contribution in [0.15, 0.2) is 4.52 Å². The highest BCUT2D eigenvalue weighted by Gasteiger charge is 2.34. The van der Waals surface area contributed by atoms with E-state index in [4.69, 9.17) is 19.7 Å². The molecule has 2 aliphatic rings. The van der Waals surface area contributed by atoms with E-state index in [9.17, 15) is 0 Å². The van der Waals surface area contributed by atoms with E-state index >= 15 is 0 Å². The SMILES string of the molecule is COC(CN)Cc1nc(C2CN3CCCC3CO2)no1. The van der Waals surface area contributed by atoms with Crippen molar-refractivity contribution in [1.82, 2.24) is 15.0 Å². The Morgan fingerprint density at radius 3 is 3.25 bits per heavy atom. The van der Waals surface area contributed by atoms with Crippen molar-refractivity contribution in [3.63, 3.8) is 0 Å². The summed E-state index contributed by atoms with van der Waals surface area (Å²) in [5, 5.41) is 4.04. The lowest BCUT2D eigenvalue weighted by molar-refractivity contribution is -0.0548. The zero-order valence-corrected chi connectivity index (χ0v) is 11.8. The zero-order chi connectivity index (χ0) is 13.9. The second kappa shape index (κ2) is 6.17. The smallest absolute Gasteiger partial charge is 0.229 e. The molecule has 0 aromatic carbocycles. The molecule has 0 aliphatic carbocycles. The minimum atomic E-state index is -0.0847. The van der Waals surface area contributed by atoms with Crippen molar-refractivity contribution in [3.05, 3.63) is 11.7 Å². The first-order chi connectivity index (χ1) is 9.80. The van der Waals surface area contributed by atoms with E-state index in [1.54, 1.807) is 7.11 Å². The van der Waals surface area contributed by atoms with E-state index in [0.717, 1.165) is 19.7 Å². The number of aromatic nitrogens is 2. The molecule has 7 nitrogen and oxygen atoms in total. The number of ether oxygens (including phenoxy) is 2. The summed E-state index contributed by atoms with van der Waals surface area (Å²) in [6, 6.07) is 0.577. The Bertz CT molecular complexity index is 435. The average molecular weight is 282 g/mol. The quantitative estimate of drug-likeness (QED) is 0.821. The molecule has 20 heavy (non-hydrogen) atoms. The molecule has 3 rings (SSSR count). The summed E-state index contributed by atoms with van der Waals surface area (Å²) >= 11 is 0. The van der Waals surface area contributed by atoms with Crippen molar-refractivity contribution < 1.29 is 14.0 Å². The van der Waals surface area contributed by atoms with Crippen molar-refractivity contribution >= 4 is 0 Å². The number of morpholine rings is 1. The average Bonchev–Trinajstić information content (AvgIpc) is 3.12. The highest BCUT2D eigenvalue weighted by molar-refractivity contribution is 4.97. The van der Waals surface area contributed by atoms with Gasteiger partial charge in [-0.2, -0.15) is 4.98 Å². The summed E-state index contributed by atoms with van der Waals surface area (Å²) in [5.41, 5.74) is 5.59. The summed E-state index contributed by atoms with van der Waals surface area (Å²) in [6.07, 6.45) is 2.86. The molecule has 0 spiro atoms. The fraction of sp³-hybridized carbons (Fsp3) is 0.846. The Morgan fingerprint density at radius 1 is 1.55 bits per heavy atom. The minimum Gasteiger partial charge on any atom is -0.380 e. The summed E-state index contributed by atoms with van der Waals surface area (Å²) in [6.45, 7) is 3.20. The predicted molar refractivity (Wildman–Crippen MR) is 71.1 cm³/mol. The Balaban J connectivity index is 1.61. The Hall–Kier alpha value is -1.02. The maximum Gasteiger partial charge on any atom is 0.229 e. The van der Waals surface area contributed by atoms with Crippen molar-refractivity contribution in [3.8, 4) is 0 Å². The van der Waals surface area contributed by atoms with Gasteiger partial charge >= 0.3 is 0 Å². The van der Waals surface area contributed by atoms with Crippen LogP contribution in [0.4, 0.5) is 0 Å². The van der Waals surface area contributed by atoms with Gasteiger partial charge in [-0.15, -0.1) is 0 Å². The minimum absolute atomic E-state index is 0.0827.